The third-order valence-corrected chi connectivity index (χ3v) is 6.67. The van der Waals surface area contributed by atoms with Crippen molar-refractivity contribution < 1.29 is 14.3 Å². The van der Waals surface area contributed by atoms with Gasteiger partial charge in [-0.15, -0.1) is 0 Å². The van der Waals surface area contributed by atoms with Gasteiger partial charge in [0, 0.05) is 29.3 Å². The number of hydrogen-bond donors (Lipinski definition) is 2. The fraction of sp³-hybridized carbons (Fsp3) is 0.286. The second-order valence-electron chi connectivity index (χ2n) is 8.59. The fourth-order valence-electron chi connectivity index (χ4n) is 4.17. The van der Waals surface area contributed by atoms with Crippen LogP contribution in [0.4, 0.5) is 11.4 Å². The van der Waals surface area contributed by atoms with E-state index in [1.54, 1.807) is 24.3 Å². The molecule has 0 heterocycles. The fourth-order valence-corrected chi connectivity index (χ4v) is 4.66. The van der Waals surface area contributed by atoms with E-state index in [9.17, 15) is 9.59 Å². The van der Waals surface area contributed by atoms with Crippen LogP contribution in [0.5, 0.6) is 5.75 Å². The number of rotatable bonds is 8. The Kier molecular flexibility index (Phi) is 8.36. The van der Waals surface area contributed by atoms with E-state index >= 15 is 0 Å². The van der Waals surface area contributed by atoms with Crippen molar-refractivity contribution in [3.8, 4) is 5.75 Å². The van der Waals surface area contributed by atoms with Crippen molar-refractivity contribution >= 4 is 39.1 Å². The molecular formula is C28H29BrN2O3. The molecule has 6 heteroatoms. The first kappa shape index (κ1) is 24.0. The Morgan fingerprint density at radius 3 is 2.32 bits per heavy atom. The molecule has 1 saturated carbocycles. The van der Waals surface area contributed by atoms with E-state index in [4.69, 9.17) is 4.74 Å². The lowest BCUT2D eigenvalue weighted by Gasteiger charge is -2.20. The van der Waals surface area contributed by atoms with E-state index in [1.807, 2.05) is 36.4 Å². The second kappa shape index (κ2) is 11.8. The number of carbonyl (C=O) groups excluding carboxylic acids is 2. The first-order valence-electron chi connectivity index (χ1n) is 11.8. The average molecular weight is 521 g/mol. The molecule has 2 amide bonds. The molecule has 0 saturated heterocycles. The molecule has 0 atom stereocenters. The van der Waals surface area contributed by atoms with Crippen molar-refractivity contribution in [3.63, 3.8) is 0 Å². The van der Waals surface area contributed by atoms with Gasteiger partial charge in [0.15, 0.2) is 0 Å². The number of anilines is 2. The van der Waals surface area contributed by atoms with Crippen LogP contribution < -0.4 is 15.4 Å². The maximum atomic E-state index is 12.8. The van der Waals surface area contributed by atoms with Crippen LogP contribution >= 0.6 is 15.9 Å². The van der Waals surface area contributed by atoms with E-state index in [2.05, 4.69) is 38.7 Å². The predicted molar refractivity (Wildman–Crippen MR) is 139 cm³/mol. The van der Waals surface area contributed by atoms with Crippen molar-refractivity contribution in [2.45, 2.75) is 38.5 Å². The highest BCUT2D eigenvalue weighted by molar-refractivity contribution is 9.10. The summed E-state index contributed by atoms with van der Waals surface area (Å²) in [7, 11) is 0. The van der Waals surface area contributed by atoms with E-state index in [0.717, 1.165) is 36.6 Å². The first-order chi connectivity index (χ1) is 16.6. The van der Waals surface area contributed by atoms with E-state index in [1.165, 1.54) is 12.0 Å². The molecule has 0 bridgehead atoms. The van der Waals surface area contributed by atoms with Crippen LogP contribution in [0, 0.1) is 5.92 Å². The molecule has 176 valence electrons. The lowest BCUT2D eigenvalue weighted by molar-refractivity contribution is -0.120. The van der Waals surface area contributed by atoms with Gasteiger partial charge in [-0.2, -0.15) is 0 Å². The Labute approximate surface area is 209 Å². The van der Waals surface area contributed by atoms with Gasteiger partial charge < -0.3 is 15.4 Å². The number of carbonyl (C=O) groups is 2. The monoisotopic (exact) mass is 520 g/mol. The molecule has 3 aromatic carbocycles. The zero-order chi connectivity index (χ0) is 23.8. The Morgan fingerprint density at radius 1 is 0.853 bits per heavy atom. The maximum absolute atomic E-state index is 12.8. The van der Waals surface area contributed by atoms with Crippen LogP contribution in [0.15, 0.2) is 77.3 Å². The molecule has 4 rings (SSSR count). The normalized spacial score (nSPS) is 13.8. The highest BCUT2D eigenvalue weighted by Crippen LogP contribution is 2.28. The highest BCUT2D eigenvalue weighted by atomic mass is 79.9. The van der Waals surface area contributed by atoms with Gasteiger partial charge in [0.1, 0.15) is 5.75 Å². The van der Waals surface area contributed by atoms with Crippen molar-refractivity contribution in [2.24, 2.45) is 5.92 Å². The van der Waals surface area contributed by atoms with Gasteiger partial charge in [-0.1, -0.05) is 55.7 Å². The SMILES string of the molecule is O=C(Nc1cccc(NC(=O)C2CCCCC2)c1)c1ccc(OCCc2ccccc2)c(Br)c1. The number of benzene rings is 3. The third-order valence-electron chi connectivity index (χ3n) is 6.05. The van der Waals surface area contributed by atoms with Gasteiger partial charge in [-0.05, 0) is 70.7 Å². The van der Waals surface area contributed by atoms with Gasteiger partial charge >= 0.3 is 0 Å². The highest BCUT2D eigenvalue weighted by Gasteiger charge is 2.21. The van der Waals surface area contributed by atoms with E-state index < -0.39 is 0 Å². The largest absolute Gasteiger partial charge is 0.492 e. The van der Waals surface area contributed by atoms with Gasteiger partial charge in [-0.25, -0.2) is 0 Å². The Morgan fingerprint density at radius 2 is 1.59 bits per heavy atom. The molecule has 3 aromatic rings. The van der Waals surface area contributed by atoms with Gasteiger partial charge in [0.25, 0.3) is 5.91 Å². The standard InChI is InChI=1S/C28H29BrN2O3/c29-25-18-22(14-15-26(25)34-17-16-20-8-3-1-4-9-20)28(33)31-24-13-7-12-23(19-24)30-27(32)21-10-5-2-6-11-21/h1,3-4,7-9,12-15,18-19,21H,2,5-6,10-11,16-17H2,(H,30,32)(H,31,33). The van der Waals surface area contributed by atoms with Crippen LogP contribution in [0.25, 0.3) is 0 Å². The van der Waals surface area contributed by atoms with Crippen molar-refractivity contribution in [1.82, 2.24) is 0 Å². The minimum Gasteiger partial charge on any atom is -0.492 e. The number of hydrogen-bond acceptors (Lipinski definition) is 3. The van der Waals surface area contributed by atoms with Crippen LogP contribution in [0.1, 0.15) is 48.0 Å². The summed E-state index contributed by atoms with van der Waals surface area (Å²) in [5.41, 5.74) is 3.05. The minimum absolute atomic E-state index is 0.0648. The second-order valence-corrected chi connectivity index (χ2v) is 9.44. The smallest absolute Gasteiger partial charge is 0.255 e. The topological polar surface area (TPSA) is 67.4 Å². The molecule has 0 radical (unpaired) electrons. The molecule has 0 aromatic heterocycles. The summed E-state index contributed by atoms with van der Waals surface area (Å²) in [6, 6.07) is 22.7. The molecule has 1 fully saturated rings. The number of halogens is 1. The van der Waals surface area contributed by atoms with Gasteiger partial charge in [0.05, 0.1) is 11.1 Å². The Hall–Kier alpha value is -3.12. The van der Waals surface area contributed by atoms with Crippen molar-refractivity contribution in [3.05, 3.63) is 88.4 Å². The molecule has 34 heavy (non-hydrogen) atoms. The van der Waals surface area contributed by atoms with Crippen LogP contribution in [0.3, 0.4) is 0 Å². The summed E-state index contributed by atoms with van der Waals surface area (Å²) in [4.78, 5) is 25.3. The zero-order valence-electron chi connectivity index (χ0n) is 19.1. The minimum atomic E-state index is -0.229. The van der Waals surface area contributed by atoms with Gasteiger partial charge in [0.2, 0.25) is 5.91 Å². The average Bonchev–Trinajstić information content (AvgIpc) is 2.86. The Balaban J connectivity index is 1.32. The van der Waals surface area contributed by atoms with E-state index in [0.29, 0.717) is 29.3 Å². The summed E-state index contributed by atoms with van der Waals surface area (Å²) in [6.07, 6.45) is 6.14. The zero-order valence-corrected chi connectivity index (χ0v) is 20.6. The first-order valence-corrected chi connectivity index (χ1v) is 12.6. The van der Waals surface area contributed by atoms with Crippen LogP contribution in [-0.2, 0) is 11.2 Å². The molecule has 1 aliphatic carbocycles. The maximum Gasteiger partial charge on any atom is 0.255 e. The molecule has 2 N–H and O–H groups in total. The summed E-state index contributed by atoms with van der Waals surface area (Å²) < 4.78 is 6.60. The summed E-state index contributed by atoms with van der Waals surface area (Å²) in [5.74, 6) is 0.611. The molecule has 0 spiro atoms. The number of ether oxygens (including phenoxy) is 1. The lowest BCUT2D eigenvalue weighted by atomic mass is 9.88. The summed E-state index contributed by atoms with van der Waals surface area (Å²) in [6.45, 7) is 0.549. The van der Waals surface area contributed by atoms with Gasteiger partial charge in [-0.3, -0.25) is 9.59 Å². The number of amides is 2. The molecule has 5 nitrogen and oxygen atoms in total. The number of nitrogens with one attached hydrogen (secondary N) is 2. The summed E-state index contributed by atoms with van der Waals surface area (Å²) >= 11 is 3.51. The molecule has 1 aliphatic rings. The quantitative estimate of drug-likeness (QED) is 0.341. The van der Waals surface area contributed by atoms with Crippen molar-refractivity contribution in [1.29, 1.82) is 0 Å². The van der Waals surface area contributed by atoms with Crippen LogP contribution in [0.2, 0.25) is 0 Å². The molecule has 0 unspecified atom stereocenters. The lowest BCUT2D eigenvalue weighted by Crippen LogP contribution is -2.24. The van der Waals surface area contributed by atoms with Crippen LogP contribution in [-0.4, -0.2) is 18.4 Å². The predicted octanol–water partition coefficient (Wildman–Crippen LogP) is 6.84. The van der Waals surface area contributed by atoms with E-state index in [-0.39, 0.29) is 17.7 Å². The molecule has 0 aliphatic heterocycles. The Bertz CT molecular complexity index is 1130. The molecular weight excluding hydrogens is 492 g/mol. The van der Waals surface area contributed by atoms with Crippen molar-refractivity contribution in [2.75, 3.05) is 17.2 Å². The third kappa shape index (κ3) is 6.70. The summed E-state index contributed by atoms with van der Waals surface area (Å²) in [5, 5.41) is 5.91.